The molecule has 0 amide bonds. The van der Waals surface area contributed by atoms with E-state index in [4.69, 9.17) is 71.1 Å². The summed E-state index contributed by atoms with van der Waals surface area (Å²) in [5.74, 6) is -3.63. The molecule has 4 saturated carbocycles. The van der Waals surface area contributed by atoms with E-state index in [0.29, 0.717) is 32.1 Å². The summed E-state index contributed by atoms with van der Waals surface area (Å²) in [4.78, 5) is 31.1. The molecule has 40 nitrogen and oxygen atoms in total. The Bertz CT molecular complexity index is 3530. The maximum Gasteiger partial charge on any atom is 0.336 e. The molecular weight excluding hydrogens is 1600 g/mol. The molecule has 23 N–H and O–H groups in total. The van der Waals surface area contributed by atoms with E-state index in [0.717, 1.165) is 5.57 Å². The fraction of sp³-hybridized carbons (Fsp3) is 0.900. The summed E-state index contributed by atoms with van der Waals surface area (Å²) in [6.07, 6.45) is -57.6. The molecule has 1 unspecified atom stereocenters. The molecule has 0 spiro atoms. The molecule has 7 heterocycles. The van der Waals surface area contributed by atoms with E-state index in [1.807, 2.05) is 34.6 Å². The summed E-state index contributed by atoms with van der Waals surface area (Å²) in [5, 5.41) is 255. The van der Waals surface area contributed by atoms with Crippen LogP contribution in [0.4, 0.5) is 0 Å². The number of aliphatic hydroxyl groups excluding tert-OH is 22. The summed E-state index contributed by atoms with van der Waals surface area (Å²) in [6, 6.07) is 0. The SMILES string of the molecule is C=CC(C)(O)CC/C=C(\CO)C(=O)O[C@H]1C[C@]2(C(=O)O[C@@H]3O[C@H](CO)[C@@H](O)[C@H](O)[C@H]3O[C@@H]3O[C@@H](C)[C@H](O[C@H]4O[C@@H](CO)[C@H](O)[C@H]4O)[C@@H](O[C@@H]4O[C@H](CO)[C@@H](O)[C@H](O)[C@H]4O)[C@H]3O)[C@H](O)C[C@]3(C)C(=CC[C@@H]4[C@@]5(C)CC[C@H](O[C@@H]6O[C@H](CO[C@@H]7OC[C@H](O)[C@H](O)[C@H]7O)[C@@H](O)[C@H](O)[C@H]6O[C@@H]6O[C@H](CO)[C@@H](O)[C@H](O)[C@H]6O)C(C)(C)[C@@H]5CC[C@]43C)[C@@H]2CC1(C)C. The number of carbonyl (C=O) groups excluding carboxylic acids is 2. The van der Waals surface area contributed by atoms with Crippen molar-refractivity contribution in [2.24, 2.45) is 50.2 Å². The van der Waals surface area contributed by atoms with Crippen molar-refractivity contribution in [3.63, 3.8) is 0 Å². The number of fused-ring (bicyclic) bond motifs is 7. The number of aliphatic hydroxyl groups is 23. The van der Waals surface area contributed by atoms with E-state index in [1.54, 1.807) is 0 Å². The Labute approximate surface area is 693 Å². The molecule has 0 aromatic heterocycles. The summed E-state index contributed by atoms with van der Waals surface area (Å²) >= 11 is 0. The summed E-state index contributed by atoms with van der Waals surface area (Å²) in [5.41, 5.74) is -7.20. The minimum atomic E-state index is -2.26. The van der Waals surface area contributed by atoms with Crippen molar-refractivity contribution in [2.45, 2.75) is 353 Å². The van der Waals surface area contributed by atoms with Gasteiger partial charge < -0.3 is 189 Å². The Morgan fingerprint density at radius 1 is 0.517 bits per heavy atom. The van der Waals surface area contributed by atoms with E-state index >= 15 is 4.79 Å². The van der Waals surface area contributed by atoms with Gasteiger partial charge in [0.1, 0.15) is 158 Å². The maximum atomic E-state index is 16.6. The smallest absolute Gasteiger partial charge is 0.336 e. The fourth-order valence-electron chi connectivity index (χ4n) is 21.6. The van der Waals surface area contributed by atoms with Crippen LogP contribution in [-0.2, 0) is 80.6 Å². The molecule has 688 valence electrons. The Hall–Kier alpha value is -3.28. The predicted octanol–water partition coefficient (Wildman–Crippen LogP) is -7.13. The van der Waals surface area contributed by atoms with Crippen LogP contribution >= 0.6 is 0 Å². The third-order valence-corrected chi connectivity index (χ3v) is 29.3. The van der Waals surface area contributed by atoms with Gasteiger partial charge in [0.15, 0.2) is 43.8 Å². The molecule has 40 heteroatoms. The van der Waals surface area contributed by atoms with Crippen molar-refractivity contribution in [2.75, 3.05) is 46.2 Å². The highest BCUT2D eigenvalue weighted by Crippen LogP contribution is 2.76. The van der Waals surface area contributed by atoms with Crippen LogP contribution in [0.2, 0.25) is 0 Å². The molecule has 7 saturated heterocycles. The van der Waals surface area contributed by atoms with Crippen LogP contribution in [0.15, 0.2) is 36.0 Å². The molecule has 12 aliphatic rings. The molecule has 11 fully saturated rings. The van der Waals surface area contributed by atoms with Crippen molar-refractivity contribution in [1.29, 1.82) is 0 Å². The lowest BCUT2D eigenvalue weighted by molar-refractivity contribution is -0.390. The zero-order chi connectivity index (χ0) is 88.1. The maximum absolute atomic E-state index is 16.6. The monoisotopic (exact) mass is 1730 g/mol. The summed E-state index contributed by atoms with van der Waals surface area (Å²) in [6.45, 7) is 15.2. The van der Waals surface area contributed by atoms with Gasteiger partial charge in [-0.25, -0.2) is 4.79 Å². The number of hydrogen-bond donors (Lipinski definition) is 23. The second-order valence-electron chi connectivity index (χ2n) is 37.3. The molecule has 120 heavy (non-hydrogen) atoms. The van der Waals surface area contributed by atoms with Crippen molar-refractivity contribution in [1.82, 2.24) is 0 Å². The van der Waals surface area contributed by atoms with Gasteiger partial charge in [0.05, 0.1) is 75.7 Å². The van der Waals surface area contributed by atoms with Gasteiger partial charge in [-0.2, -0.15) is 0 Å². The lowest BCUT2D eigenvalue weighted by Gasteiger charge is -2.72. The molecule has 12 rings (SSSR count). The van der Waals surface area contributed by atoms with Gasteiger partial charge in [-0.05, 0) is 111 Å². The van der Waals surface area contributed by atoms with E-state index in [2.05, 4.69) is 26.5 Å². The standard InChI is InChI=1S/C80H128O40/c1-11-76(7,105)18-12-13-32(24-81)65(103)114-45-23-80(73(104)120-72-64(54(96)49(91)38(27-84)112-72)119-70-60(102)62(117-68-58(100)52(94)47(89)36(25-82)109-68)61(31(2)108-70)116-67-57(99)50(92)39(28-85)111-67)34(21-74(45,3)4)33-14-15-42-77(8)19-17-44(75(5,6)41(77)16-20-78(42,9)79(33,10)22-43(80)87)115-71-63(118-69-59(101)53(95)48(90)37(26-83)110-69)55(97)51(93)40(113-71)30-107-66-56(98)46(88)35(86)29-106-66/h11,13-14,31,34-64,66-72,81-102,105H,1,12,15-30H2,2-10H3/b32-13+/t31-,34-,35-,36+,37+,38+,39-,40+,41-,42+,43+,44-,45-,46-,47+,48+,49+,50-,51+,52-,53-,54-,55-,56+,57+,58+,59+,60+,61-,62-,63+,64+,66-,67+,68-,69-,70-,71-,72-,76?,77-,78+,79+,80+/m0/s1. The average Bonchev–Trinajstić information content (AvgIpc) is 0.718. The zero-order valence-electron chi connectivity index (χ0n) is 68.7. The van der Waals surface area contributed by atoms with Gasteiger partial charge in [-0.1, -0.05) is 72.3 Å². The summed E-state index contributed by atoms with van der Waals surface area (Å²) < 4.78 is 91.6. The molecule has 0 bridgehead atoms. The van der Waals surface area contributed by atoms with Crippen molar-refractivity contribution in [3.8, 4) is 0 Å². The molecule has 44 atom stereocenters. The number of hydrogen-bond acceptors (Lipinski definition) is 40. The van der Waals surface area contributed by atoms with Gasteiger partial charge in [0.2, 0.25) is 6.29 Å². The van der Waals surface area contributed by atoms with E-state index in [1.165, 1.54) is 26.0 Å². The van der Waals surface area contributed by atoms with Gasteiger partial charge in [-0.3, -0.25) is 4.79 Å². The van der Waals surface area contributed by atoms with Gasteiger partial charge in [0, 0.05) is 11.8 Å². The largest absolute Gasteiger partial charge is 0.458 e. The number of rotatable bonds is 26. The van der Waals surface area contributed by atoms with Crippen molar-refractivity contribution >= 4 is 11.9 Å². The number of carbonyl (C=O) groups is 2. The second-order valence-corrected chi connectivity index (χ2v) is 37.3. The molecule has 0 aromatic carbocycles. The molecule has 0 aromatic rings. The third kappa shape index (κ3) is 17.4. The fourth-order valence-corrected chi connectivity index (χ4v) is 21.6. The molecule has 5 aliphatic carbocycles. The molecule has 0 radical (unpaired) electrons. The minimum Gasteiger partial charge on any atom is -0.458 e. The van der Waals surface area contributed by atoms with Gasteiger partial charge in [-0.15, -0.1) is 6.58 Å². The van der Waals surface area contributed by atoms with Crippen molar-refractivity contribution in [3.05, 3.63) is 36.0 Å². The van der Waals surface area contributed by atoms with E-state index in [9.17, 15) is 122 Å². The Morgan fingerprint density at radius 2 is 1.01 bits per heavy atom. The Morgan fingerprint density at radius 3 is 1.57 bits per heavy atom. The quantitative estimate of drug-likeness (QED) is 0.0166. The average molecular weight is 1730 g/mol. The van der Waals surface area contributed by atoms with Crippen LogP contribution in [0.25, 0.3) is 0 Å². The van der Waals surface area contributed by atoms with Crippen LogP contribution < -0.4 is 0 Å². The van der Waals surface area contributed by atoms with Crippen LogP contribution in [0.5, 0.6) is 0 Å². The number of allylic oxidation sites excluding steroid dienone is 3. The first-order valence-electron chi connectivity index (χ1n) is 41.5. The first-order chi connectivity index (χ1) is 56.3. The third-order valence-electron chi connectivity index (χ3n) is 29.3. The van der Waals surface area contributed by atoms with Crippen LogP contribution in [0.3, 0.4) is 0 Å². The minimum absolute atomic E-state index is 0.00807. The first kappa shape index (κ1) is 95.8. The molecule has 7 aliphatic heterocycles. The summed E-state index contributed by atoms with van der Waals surface area (Å²) in [7, 11) is 0. The van der Waals surface area contributed by atoms with Gasteiger partial charge in [0.25, 0.3) is 0 Å². The Kier molecular flexibility index (Phi) is 29.6. The van der Waals surface area contributed by atoms with Gasteiger partial charge >= 0.3 is 11.9 Å². The second kappa shape index (κ2) is 37.1. The lowest BCUT2D eigenvalue weighted by atomic mass is 9.33. The number of ether oxygens (including phenoxy) is 15. The normalized spacial score (nSPS) is 50.7. The zero-order valence-corrected chi connectivity index (χ0v) is 68.7. The lowest BCUT2D eigenvalue weighted by Crippen LogP contribution is -2.70. The first-order valence-corrected chi connectivity index (χ1v) is 41.5. The van der Waals surface area contributed by atoms with Crippen LogP contribution in [0.1, 0.15) is 127 Å². The Balaban J connectivity index is 0.860. The highest BCUT2D eigenvalue weighted by atomic mass is 16.8. The van der Waals surface area contributed by atoms with Crippen LogP contribution in [0, 0.1) is 50.2 Å². The highest BCUT2D eigenvalue weighted by Gasteiger charge is 2.74. The number of esters is 2. The topological polar surface area (TPSA) is 638 Å². The van der Waals surface area contributed by atoms with E-state index in [-0.39, 0.29) is 43.1 Å². The highest BCUT2D eigenvalue weighted by molar-refractivity contribution is 5.89. The predicted molar refractivity (Wildman–Crippen MR) is 399 cm³/mol. The van der Waals surface area contributed by atoms with E-state index < -0.39 is 330 Å². The van der Waals surface area contributed by atoms with Crippen LogP contribution in [-0.4, -0.2) is 402 Å². The van der Waals surface area contributed by atoms with Crippen molar-refractivity contribution < 1.29 is 198 Å². The molecular formula is C80H128O40.